The Hall–Kier alpha value is -2.31. The van der Waals surface area contributed by atoms with Crippen molar-refractivity contribution in [3.8, 4) is 0 Å². The number of hydrogen-bond donors (Lipinski definition) is 1. The molecule has 100 valence electrons. The van der Waals surface area contributed by atoms with Gasteiger partial charge in [0, 0.05) is 31.8 Å². The number of carbonyl (C=O) groups is 3. The first kappa shape index (κ1) is 13.1. The van der Waals surface area contributed by atoms with Crippen LogP contribution in [0.5, 0.6) is 0 Å². The van der Waals surface area contributed by atoms with Crippen LogP contribution in [0.1, 0.15) is 18.4 Å². The zero-order valence-electron chi connectivity index (χ0n) is 10.3. The lowest BCUT2D eigenvalue weighted by Crippen LogP contribution is -2.40. The second-order valence-electron chi connectivity index (χ2n) is 4.22. The lowest BCUT2D eigenvalue weighted by Gasteiger charge is -2.13. The van der Waals surface area contributed by atoms with Crippen LogP contribution in [-0.4, -0.2) is 45.7 Å². The average molecular weight is 262 g/mol. The Bertz CT molecular complexity index is 473. The fourth-order valence-electron chi connectivity index (χ4n) is 1.80. The maximum atomic E-state index is 11.6. The van der Waals surface area contributed by atoms with Gasteiger partial charge in [-0.2, -0.15) is 0 Å². The molecular formula is C12H14N4O3. The van der Waals surface area contributed by atoms with E-state index in [1.54, 1.807) is 12.4 Å². The van der Waals surface area contributed by atoms with Gasteiger partial charge in [-0.25, -0.2) is 9.97 Å². The van der Waals surface area contributed by atoms with Crippen LogP contribution in [0.25, 0.3) is 0 Å². The highest BCUT2D eigenvalue weighted by atomic mass is 16.2. The fourth-order valence-corrected chi connectivity index (χ4v) is 1.80. The Morgan fingerprint density at radius 2 is 1.84 bits per heavy atom. The fraction of sp³-hybridized carbons (Fsp3) is 0.417. The first-order valence-electron chi connectivity index (χ1n) is 6.00. The molecule has 1 saturated heterocycles. The minimum Gasteiger partial charge on any atom is -0.354 e. The number of hydrogen-bond acceptors (Lipinski definition) is 5. The number of rotatable bonds is 5. The monoisotopic (exact) mass is 262 g/mol. The van der Waals surface area contributed by atoms with E-state index in [1.807, 2.05) is 0 Å². The summed E-state index contributed by atoms with van der Waals surface area (Å²) in [7, 11) is 0. The predicted molar refractivity (Wildman–Crippen MR) is 64.7 cm³/mol. The van der Waals surface area contributed by atoms with Crippen molar-refractivity contribution in [3.05, 3.63) is 24.3 Å². The molecule has 0 unspecified atom stereocenters. The van der Waals surface area contributed by atoms with Crippen molar-refractivity contribution in [2.45, 2.75) is 19.3 Å². The van der Waals surface area contributed by atoms with Crippen molar-refractivity contribution in [2.24, 2.45) is 0 Å². The normalized spacial score (nSPS) is 14.8. The van der Waals surface area contributed by atoms with Crippen LogP contribution >= 0.6 is 0 Å². The van der Waals surface area contributed by atoms with Crippen LogP contribution in [0.2, 0.25) is 0 Å². The first-order valence-corrected chi connectivity index (χ1v) is 6.00. The quantitative estimate of drug-likeness (QED) is 0.707. The summed E-state index contributed by atoms with van der Waals surface area (Å²) >= 11 is 0. The number of nitrogens with zero attached hydrogens (tertiary/aromatic N) is 3. The molecule has 0 aromatic carbocycles. The molecule has 1 N–H and O–H groups in total. The van der Waals surface area contributed by atoms with Gasteiger partial charge in [0.1, 0.15) is 12.9 Å². The maximum Gasteiger partial charge on any atom is 0.240 e. The summed E-state index contributed by atoms with van der Waals surface area (Å²) in [5, 5.41) is 2.66. The number of aromatic nitrogens is 2. The molecule has 7 heteroatoms. The molecule has 0 atom stereocenters. The molecule has 0 spiro atoms. The highest BCUT2D eigenvalue weighted by Crippen LogP contribution is 2.10. The molecule has 1 aromatic heterocycles. The number of imide groups is 1. The SMILES string of the molecule is O=C(CN1C(=O)CCC1=O)NCCc1cncnc1. The molecule has 2 rings (SSSR count). The van der Waals surface area contributed by atoms with E-state index in [1.165, 1.54) is 6.33 Å². The number of carbonyl (C=O) groups excluding carboxylic acids is 3. The Morgan fingerprint density at radius 3 is 2.47 bits per heavy atom. The molecule has 7 nitrogen and oxygen atoms in total. The molecule has 0 radical (unpaired) electrons. The molecule has 19 heavy (non-hydrogen) atoms. The van der Waals surface area contributed by atoms with Crippen LogP contribution in [0, 0.1) is 0 Å². The summed E-state index contributed by atoms with van der Waals surface area (Å²) in [6.45, 7) is 0.228. The molecule has 1 fully saturated rings. The third-order valence-electron chi connectivity index (χ3n) is 2.81. The Kier molecular flexibility index (Phi) is 4.17. The van der Waals surface area contributed by atoms with Gasteiger partial charge >= 0.3 is 0 Å². The zero-order chi connectivity index (χ0) is 13.7. The predicted octanol–water partition coefficient (Wildman–Crippen LogP) is -0.716. The van der Waals surface area contributed by atoms with Gasteiger partial charge in [-0.3, -0.25) is 19.3 Å². The van der Waals surface area contributed by atoms with E-state index < -0.39 is 0 Å². The lowest BCUT2D eigenvalue weighted by atomic mass is 10.2. The van der Waals surface area contributed by atoms with Crippen LogP contribution in [0.4, 0.5) is 0 Å². The molecule has 2 heterocycles. The third kappa shape index (κ3) is 3.57. The zero-order valence-corrected chi connectivity index (χ0v) is 10.3. The van der Waals surface area contributed by atoms with Crippen molar-refractivity contribution in [1.29, 1.82) is 0 Å². The smallest absolute Gasteiger partial charge is 0.240 e. The van der Waals surface area contributed by atoms with Crippen LogP contribution in [0.3, 0.4) is 0 Å². The second kappa shape index (κ2) is 6.03. The number of likely N-dealkylation sites (tertiary alicyclic amines) is 1. The first-order chi connectivity index (χ1) is 9.16. The lowest BCUT2D eigenvalue weighted by molar-refractivity contribution is -0.142. The minimum atomic E-state index is -0.333. The van der Waals surface area contributed by atoms with Crippen LogP contribution in [-0.2, 0) is 20.8 Å². The minimum absolute atomic E-state index is 0.192. The van der Waals surface area contributed by atoms with Crippen LogP contribution < -0.4 is 5.32 Å². The van der Waals surface area contributed by atoms with Gasteiger partial charge in [-0.15, -0.1) is 0 Å². The third-order valence-corrected chi connectivity index (χ3v) is 2.81. The standard InChI is InChI=1S/C12H14N4O3/c17-10(7-16-11(18)1-2-12(16)19)15-4-3-9-5-13-8-14-6-9/h5-6,8H,1-4,7H2,(H,15,17). The molecule has 1 aromatic rings. The molecular weight excluding hydrogens is 248 g/mol. The average Bonchev–Trinajstić information content (AvgIpc) is 2.72. The molecule has 0 saturated carbocycles. The van der Waals surface area contributed by atoms with Gasteiger partial charge in [0.25, 0.3) is 0 Å². The van der Waals surface area contributed by atoms with Gasteiger partial charge in [-0.1, -0.05) is 0 Å². The van der Waals surface area contributed by atoms with Crippen LogP contribution in [0.15, 0.2) is 18.7 Å². The molecule has 0 bridgehead atoms. The van der Waals surface area contributed by atoms with Crippen molar-refractivity contribution in [2.75, 3.05) is 13.1 Å². The summed E-state index contributed by atoms with van der Waals surface area (Å²) in [6, 6.07) is 0. The van der Waals surface area contributed by atoms with E-state index in [0.29, 0.717) is 13.0 Å². The van der Waals surface area contributed by atoms with E-state index in [9.17, 15) is 14.4 Å². The molecule has 1 aliphatic rings. The van der Waals surface area contributed by atoms with Gasteiger partial charge < -0.3 is 5.32 Å². The molecule has 0 aliphatic carbocycles. The van der Waals surface area contributed by atoms with Gasteiger partial charge in [-0.05, 0) is 12.0 Å². The second-order valence-corrected chi connectivity index (χ2v) is 4.22. The van der Waals surface area contributed by atoms with Crippen molar-refractivity contribution < 1.29 is 14.4 Å². The summed E-state index contributed by atoms with van der Waals surface area (Å²) in [5.74, 6) is -0.895. The van der Waals surface area contributed by atoms with E-state index in [-0.39, 0.29) is 37.1 Å². The van der Waals surface area contributed by atoms with E-state index in [4.69, 9.17) is 0 Å². The Morgan fingerprint density at radius 1 is 1.21 bits per heavy atom. The summed E-state index contributed by atoms with van der Waals surface area (Å²) in [4.78, 5) is 43.0. The summed E-state index contributed by atoms with van der Waals surface area (Å²) < 4.78 is 0. The van der Waals surface area contributed by atoms with Crippen molar-refractivity contribution in [3.63, 3.8) is 0 Å². The number of amides is 3. The molecule has 1 aliphatic heterocycles. The van der Waals surface area contributed by atoms with E-state index in [0.717, 1.165) is 10.5 Å². The van der Waals surface area contributed by atoms with Gasteiger partial charge in [0.2, 0.25) is 17.7 Å². The van der Waals surface area contributed by atoms with E-state index in [2.05, 4.69) is 15.3 Å². The van der Waals surface area contributed by atoms with E-state index >= 15 is 0 Å². The topological polar surface area (TPSA) is 92.3 Å². The summed E-state index contributed by atoms with van der Waals surface area (Å²) in [5.41, 5.74) is 0.913. The van der Waals surface area contributed by atoms with Crippen molar-refractivity contribution in [1.82, 2.24) is 20.2 Å². The molecule has 3 amide bonds. The Labute approximate surface area is 110 Å². The van der Waals surface area contributed by atoms with Gasteiger partial charge in [0.05, 0.1) is 0 Å². The van der Waals surface area contributed by atoms with Crippen molar-refractivity contribution >= 4 is 17.7 Å². The largest absolute Gasteiger partial charge is 0.354 e. The summed E-state index contributed by atoms with van der Waals surface area (Å²) in [6.07, 6.45) is 5.79. The highest BCUT2D eigenvalue weighted by Gasteiger charge is 2.30. The number of nitrogens with one attached hydrogen (secondary N) is 1. The Balaban J connectivity index is 1.73. The highest BCUT2D eigenvalue weighted by molar-refractivity contribution is 6.04. The maximum absolute atomic E-state index is 11.6. The van der Waals surface area contributed by atoms with Gasteiger partial charge in [0.15, 0.2) is 0 Å².